The summed E-state index contributed by atoms with van der Waals surface area (Å²) in [7, 11) is 0. The van der Waals surface area contributed by atoms with Crippen LogP contribution in [0.5, 0.6) is 0 Å². The lowest BCUT2D eigenvalue weighted by Gasteiger charge is -2.08. The minimum Gasteiger partial charge on any atom is -0.325 e. The zero-order chi connectivity index (χ0) is 13.8. The van der Waals surface area contributed by atoms with Gasteiger partial charge in [0.25, 0.3) is 0 Å². The van der Waals surface area contributed by atoms with Crippen molar-refractivity contribution in [3.8, 4) is 0 Å². The van der Waals surface area contributed by atoms with Gasteiger partial charge in [-0.15, -0.1) is 0 Å². The van der Waals surface area contributed by atoms with Crippen molar-refractivity contribution in [1.82, 2.24) is 0 Å². The van der Waals surface area contributed by atoms with Crippen LogP contribution in [-0.2, 0) is 11.2 Å². The van der Waals surface area contributed by atoms with Gasteiger partial charge in [0.15, 0.2) is 0 Å². The summed E-state index contributed by atoms with van der Waals surface area (Å²) >= 11 is 3.42. The van der Waals surface area contributed by atoms with Crippen molar-refractivity contribution in [2.45, 2.75) is 20.3 Å². The molecule has 0 saturated carbocycles. The summed E-state index contributed by atoms with van der Waals surface area (Å²) in [5.41, 5.74) is 4.30. The standard InChI is InChI=1S/C16H16BrNO/c1-11-7-8-13(9-12(11)2)10-16(19)18-15-6-4-3-5-14(15)17/h3-9H,10H2,1-2H3,(H,18,19). The zero-order valence-electron chi connectivity index (χ0n) is 11.0. The van der Waals surface area contributed by atoms with Gasteiger partial charge in [-0.25, -0.2) is 0 Å². The predicted octanol–water partition coefficient (Wildman–Crippen LogP) is 4.25. The van der Waals surface area contributed by atoms with Crippen molar-refractivity contribution in [3.05, 3.63) is 63.6 Å². The van der Waals surface area contributed by atoms with Crippen LogP contribution < -0.4 is 5.32 Å². The number of halogens is 1. The molecule has 1 amide bonds. The molecule has 0 bridgehead atoms. The number of carbonyl (C=O) groups excluding carboxylic acids is 1. The molecule has 0 fully saturated rings. The average molecular weight is 318 g/mol. The first-order valence-electron chi connectivity index (χ1n) is 6.17. The zero-order valence-corrected chi connectivity index (χ0v) is 12.6. The van der Waals surface area contributed by atoms with Crippen molar-refractivity contribution in [1.29, 1.82) is 0 Å². The van der Waals surface area contributed by atoms with Gasteiger partial charge in [-0.2, -0.15) is 0 Å². The van der Waals surface area contributed by atoms with E-state index in [-0.39, 0.29) is 5.91 Å². The number of para-hydroxylation sites is 1. The second kappa shape index (κ2) is 6.02. The van der Waals surface area contributed by atoms with Gasteiger partial charge < -0.3 is 5.32 Å². The third kappa shape index (κ3) is 3.67. The Kier molecular flexibility index (Phi) is 4.38. The van der Waals surface area contributed by atoms with Gasteiger partial charge in [-0.1, -0.05) is 30.3 Å². The highest BCUT2D eigenvalue weighted by atomic mass is 79.9. The Morgan fingerprint density at radius 3 is 2.53 bits per heavy atom. The molecule has 98 valence electrons. The minimum absolute atomic E-state index is 0.00449. The molecule has 2 aromatic carbocycles. The average Bonchev–Trinajstić information content (AvgIpc) is 2.37. The molecule has 1 N–H and O–H groups in total. The molecule has 2 rings (SSSR count). The normalized spacial score (nSPS) is 10.3. The summed E-state index contributed by atoms with van der Waals surface area (Å²) in [6.45, 7) is 4.13. The molecule has 2 nitrogen and oxygen atoms in total. The summed E-state index contributed by atoms with van der Waals surface area (Å²) in [5, 5.41) is 2.91. The number of aryl methyl sites for hydroxylation is 2. The number of anilines is 1. The second-order valence-electron chi connectivity index (χ2n) is 4.62. The fraction of sp³-hybridized carbons (Fsp3) is 0.188. The quantitative estimate of drug-likeness (QED) is 0.901. The Hall–Kier alpha value is -1.61. The number of nitrogens with one attached hydrogen (secondary N) is 1. The van der Waals surface area contributed by atoms with Crippen LogP contribution >= 0.6 is 15.9 Å². The van der Waals surface area contributed by atoms with Crippen molar-refractivity contribution < 1.29 is 4.79 Å². The molecular weight excluding hydrogens is 302 g/mol. The molecule has 0 heterocycles. The van der Waals surface area contributed by atoms with Crippen molar-refractivity contribution >= 4 is 27.5 Å². The van der Waals surface area contributed by atoms with Gasteiger partial charge in [0, 0.05) is 4.47 Å². The van der Waals surface area contributed by atoms with Crippen LogP contribution in [0.25, 0.3) is 0 Å². The minimum atomic E-state index is -0.00449. The van der Waals surface area contributed by atoms with Gasteiger partial charge in [0.2, 0.25) is 5.91 Å². The monoisotopic (exact) mass is 317 g/mol. The van der Waals surface area contributed by atoms with E-state index in [1.165, 1.54) is 11.1 Å². The van der Waals surface area contributed by atoms with E-state index in [9.17, 15) is 4.79 Å². The molecule has 0 aliphatic rings. The highest BCUT2D eigenvalue weighted by Crippen LogP contribution is 2.21. The second-order valence-corrected chi connectivity index (χ2v) is 5.48. The fourth-order valence-corrected chi connectivity index (χ4v) is 2.24. The highest BCUT2D eigenvalue weighted by Gasteiger charge is 2.06. The van der Waals surface area contributed by atoms with Gasteiger partial charge in [-0.05, 0) is 58.6 Å². The topological polar surface area (TPSA) is 29.1 Å². The maximum absolute atomic E-state index is 12.0. The van der Waals surface area contributed by atoms with Crippen LogP contribution in [0, 0.1) is 13.8 Å². The maximum Gasteiger partial charge on any atom is 0.228 e. The first kappa shape index (κ1) is 13.8. The molecule has 0 saturated heterocycles. The van der Waals surface area contributed by atoms with Crippen molar-refractivity contribution in [2.75, 3.05) is 5.32 Å². The van der Waals surface area contributed by atoms with Gasteiger partial charge in [0.1, 0.15) is 0 Å². The molecular formula is C16H16BrNO. The van der Waals surface area contributed by atoms with E-state index < -0.39 is 0 Å². The Labute approximate surface area is 122 Å². The van der Waals surface area contributed by atoms with Crippen molar-refractivity contribution in [3.63, 3.8) is 0 Å². The van der Waals surface area contributed by atoms with Gasteiger partial charge >= 0.3 is 0 Å². The Morgan fingerprint density at radius 2 is 1.84 bits per heavy atom. The number of hydrogen-bond acceptors (Lipinski definition) is 1. The first-order valence-corrected chi connectivity index (χ1v) is 6.96. The lowest BCUT2D eigenvalue weighted by Crippen LogP contribution is -2.14. The predicted molar refractivity (Wildman–Crippen MR) is 82.4 cm³/mol. The summed E-state index contributed by atoms with van der Waals surface area (Å²) in [6, 6.07) is 13.7. The number of rotatable bonds is 3. The van der Waals surface area contributed by atoms with Gasteiger partial charge in [-0.3, -0.25) is 4.79 Å². The smallest absolute Gasteiger partial charge is 0.228 e. The van der Waals surface area contributed by atoms with Crippen LogP contribution in [-0.4, -0.2) is 5.91 Å². The van der Waals surface area contributed by atoms with E-state index in [2.05, 4.69) is 47.2 Å². The molecule has 19 heavy (non-hydrogen) atoms. The van der Waals surface area contributed by atoms with Crippen LogP contribution in [0.15, 0.2) is 46.9 Å². The van der Waals surface area contributed by atoms with Crippen LogP contribution in [0.1, 0.15) is 16.7 Å². The Bertz CT molecular complexity index is 607. The summed E-state index contributed by atoms with van der Waals surface area (Å²) in [6.07, 6.45) is 0.391. The number of hydrogen-bond donors (Lipinski definition) is 1. The molecule has 0 aliphatic heterocycles. The Balaban J connectivity index is 2.05. The fourth-order valence-electron chi connectivity index (χ4n) is 1.86. The highest BCUT2D eigenvalue weighted by molar-refractivity contribution is 9.10. The summed E-state index contributed by atoms with van der Waals surface area (Å²) < 4.78 is 0.892. The Morgan fingerprint density at radius 1 is 1.11 bits per heavy atom. The van der Waals surface area contributed by atoms with E-state index in [0.29, 0.717) is 6.42 Å². The molecule has 0 unspecified atom stereocenters. The molecule has 0 spiro atoms. The molecule has 0 radical (unpaired) electrons. The first-order chi connectivity index (χ1) is 9.06. The van der Waals surface area contributed by atoms with Crippen LogP contribution in [0.3, 0.4) is 0 Å². The molecule has 0 aliphatic carbocycles. The van der Waals surface area contributed by atoms with E-state index >= 15 is 0 Å². The SMILES string of the molecule is Cc1ccc(CC(=O)Nc2ccccc2Br)cc1C. The van der Waals surface area contributed by atoms with Crippen LogP contribution in [0.2, 0.25) is 0 Å². The number of amides is 1. The molecule has 0 aromatic heterocycles. The lowest BCUT2D eigenvalue weighted by atomic mass is 10.0. The maximum atomic E-state index is 12.0. The van der Waals surface area contributed by atoms with E-state index in [1.54, 1.807) is 0 Å². The largest absolute Gasteiger partial charge is 0.325 e. The van der Waals surface area contributed by atoms with E-state index in [4.69, 9.17) is 0 Å². The lowest BCUT2D eigenvalue weighted by molar-refractivity contribution is -0.115. The van der Waals surface area contributed by atoms with Crippen LogP contribution in [0.4, 0.5) is 5.69 Å². The number of benzene rings is 2. The summed E-state index contributed by atoms with van der Waals surface area (Å²) in [4.78, 5) is 12.0. The van der Waals surface area contributed by atoms with Gasteiger partial charge in [0.05, 0.1) is 12.1 Å². The molecule has 2 aromatic rings. The van der Waals surface area contributed by atoms with E-state index in [1.807, 2.05) is 30.3 Å². The summed E-state index contributed by atoms with van der Waals surface area (Å²) in [5.74, 6) is -0.00449. The molecule has 0 atom stereocenters. The third-order valence-electron chi connectivity index (χ3n) is 3.08. The number of carbonyl (C=O) groups is 1. The molecule has 3 heteroatoms. The van der Waals surface area contributed by atoms with E-state index in [0.717, 1.165) is 15.7 Å². The third-order valence-corrected chi connectivity index (χ3v) is 3.78. The van der Waals surface area contributed by atoms with Crippen molar-refractivity contribution in [2.24, 2.45) is 0 Å².